The van der Waals surface area contributed by atoms with Gasteiger partial charge in [-0.15, -0.1) is 20.5 Å². The molecule has 64 heavy (non-hydrogen) atoms. The minimum absolute atomic E-state index is 0.292. The van der Waals surface area contributed by atoms with E-state index in [0.29, 0.717) is 48.5 Å². The molecule has 0 amide bonds. The second-order valence-corrected chi connectivity index (χ2v) is 10.8. The Kier molecular flexibility index (Phi) is 13.8. The fourth-order valence-corrected chi connectivity index (χ4v) is 4.65. The Morgan fingerprint density at radius 3 is 0.688 bits per heavy atom. The SMILES string of the molecule is O=[N+]([O-])c1cc([N+](=O)[O-])c(/N=N/c2c([N+](=O)[O-])cc([N+](=O)[O-])cc2[N+](=O)[O-])c([N+](=O)[O-])c1.O=[N+]([O-])c1ccc(/N=N/c2ccc([N+](=O)[O-])c([N+](=O)[O-])c2[N+](=O)[O-])c([N+](=O)[O-])c1[N+](=O)[O-]. The van der Waals surface area contributed by atoms with E-state index in [9.17, 15) is 121 Å². The maximum atomic E-state index is 11.3. The second-order valence-electron chi connectivity index (χ2n) is 10.8. The molecule has 0 N–H and O–H groups in total. The third kappa shape index (κ3) is 9.93. The molecule has 0 saturated heterocycles. The molecule has 0 aliphatic rings. The van der Waals surface area contributed by atoms with Gasteiger partial charge in [-0.2, -0.15) is 0 Å². The van der Waals surface area contributed by atoms with E-state index < -0.39 is 150 Å². The summed E-state index contributed by atoms with van der Waals surface area (Å²) in [6.07, 6.45) is 0. The van der Waals surface area contributed by atoms with Crippen LogP contribution in [0.1, 0.15) is 0 Å². The zero-order chi connectivity index (χ0) is 48.7. The van der Waals surface area contributed by atoms with Crippen molar-refractivity contribution in [3.8, 4) is 0 Å². The Balaban J connectivity index is 0.000000340. The number of benzene rings is 4. The zero-order valence-electron chi connectivity index (χ0n) is 29.6. The van der Waals surface area contributed by atoms with Crippen LogP contribution in [-0.2, 0) is 0 Å². The van der Waals surface area contributed by atoms with E-state index in [1.165, 1.54) is 0 Å². The van der Waals surface area contributed by atoms with Crippen LogP contribution >= 0.6 is 0 Å². The Morgan fingerprint density at radius 2 is 0.500 bits per heavy atom. The van der Waals surface area contributed by atoms with Crippen LogP contribution in [0.5, 0.6) is 0 Å². The fourth-order valence-electron chi connectivity index (χ4n) is 4.65. The van der Waals surface area contributed by atoms with Crippen molar-refractivity contribution in [1.29, 1.82) is 0 Å². The molecule has 0 aliphatic carbocycles. The molecule has 0 unspecified atom stereocenters. The molecule has 0 aromatic heterocycles. The van der Waals surface area contributed by atoms with Gasteiger partial charge in [-0.25, -0.2) is 0 Å². The predicted octanol–water partition coefficient (Wildman–Crippen LogP) is 7.10. The molecule has 4 aromatic rings. The van der Waals surface area contributed by atoms with Crippen LogP contribution in [-0.4, -0.2) is 59.1 Å². The van der Waals surface area contributed by atoms with E-state index in [1.807, 2.05) is 0 Å². The van der Waals surface area contributed by atoms with Gasteiger partial charge in [0.2, 0.25) is 11.4 Å². The lowest BCUT2D eigenvalue weighted by Crippen LogP contribution is -2.02. The summed E-state index contributed by atoms with van der Waals surface area (Å²) in [6, 6.07) is 3.31. The van der Waals surface area contributed by atoms with Crippen molar-refractivity contribution in [2.75, 3.05) is 0 Å². The van der Waals surface area contributed by atoms with Crippen molar-refractivity contribution in [2.24, 2.45) is 20.5 Å². The van der Waals surface area contributed by atoms with Gasteiger partial charge in [0.25, 0.3) is 11.4 Å². The largest absolute Gasteiger partial charge is 0.424 e. The van der Waals surface area contributed by atoms with Crippen LogP contribution in [0.2, 0.25) is 0 Å². The first-order chi connectivity index (χ1) is 29.7. The molecular formula is C24H8N16O24. The standard InChI is InChI=1S/2C12H4N8O12/c21-15(22)5-1-7(17(25)26)11(8(2-5)18(27)28)13-14-12-9(19(29)30)3-6(16(23)24)4-10(12)20(31)32;21-15(22)7-3-1-5(9(17(25)26)11(7)19(29)30)13-14-6-2-4-8(16(23)24)12(20(31)32)10(6)18(27)28/h2*1-4H/b2*14-13+. The van der Waals surface area contributed by atoms with Gasteiger partial charge in [0.05, 0.1) is 83.3 Å². The first kappa shape index (κ1) is 47.3. The van der Waals surface area contributed by atoms with Gasteiger partial charge >= 0.3 is 56.9 Å². The summed E-state index contributed by atoms with van der Waals surface area (Å²) in [5.74, 6) is 0. The molecule has 0 bridgehead atoms. The van der Waals surface area contributed by atoms with Crippen molar-refractivity contribution in [3.05, 3.63) is 170 Å². The van der Waals surface area contributed by atoms with Gasteiger partial charge in [0.1, 0.15) is 0 Å². The molecule has 0 fully saturated rings. The van der Waals surface area contributed by atoms with Gasteiger partial charge in [-0.05, 0) is 12.1 Å². The zero-order valence-corrected chi connectivity index (χ0v) is 29.6. The van der Waals surface area contributed by atoms with E-state index in [2.05, 4.69) is 20.5 Å². The average Bonchev–Trinajstić information content (AvgIpc) is 3.20. The second kappa shape index (κ2) is 18.6. The summed E-state index contributed by atoms with van der Waals surface area (Å²) in [6.45, 7) is 0. The topological polar surface area (TPSA) is 567 Å². The van der Waals surface area contributed by atoms with Crippen molar-refractivity contribution >= 4 is 91.0 Å². The number of nitro benzene ring substituents is 12. The lowest BCUT2D eigenvalue weighted by Gasteiger charge is -2.01. The average molecular weight is 904 g/mol. The minimum atomic E-state index is -1.55. The number of non-ortho nitro benzene ring substituents is 2. The molecule has 40 nitrogen and oxygen atoms in total. The Labute approximate surface area is 340 Å². The van der Waals surface area contributed by atoms with Crippen molar-refractivity contribution < 1.29 is 59.1 Å². The van der Waals surface area contributed by atoms with Crippen LogP contribution in [0.15, 0.2) is 69.0 Å². The van der Waals surface area contributed by atoms with E-state index >= 15 is 0 Å². The molecular weight excluding hydrogens is 896 g/mol. The number of nitro groups is 12. The number of hydrogen-bond donors (Lipinski definition) is 0. The molecule has 0 saturated carbocycles. The Bertz CT molecular complexity index is 2630. The van der Waals surface area contributed by atoms with Crippen LogP contribution < -0.4 is 0 Å². The molecule has 40 heteroatoms. The van der Waals surface area contributed by atoms with Gasteiger partial charge in [-0.3, -0.25) is 121 Å². The molecule has 0 heterocycles. The number of nitrogens with zero attached hydrogens (tertiary/aromatic N) is 16. The number of azo groups is 2. The van der Waals surface area contributed by atoms with Crippen LogP contribution in [0.3, 0.4) is 0 Å². The van der Waals surface area contributed by atoms with E-state index in [1.54, 1.807) is 0 Å². The molecule has 0 aliphatic heterocycles. The first-order valence-corrected chi connectivity index (χ1v) is 15.0. The smallest absolute Gasteiger partial charge is 0.258 e. The summed E-state index contributed by atoms with van der Waals surface area (Å²) >= 11 is 0. The Hall–Kier alpha value is -11.1. The maximum absolute atomic E-state index is 11.3. The molecule has 0 atom stereocenters. The molecule has 328 valence electrons. The summed E-state index contributed by atoms with van der Waals surface area (Å²) in [7, 11) is 0. The van der Waals surface area contributed by atoms with Crippen molar-refractivity contribution in [2.45, 2.75) is 0 Å². The minimum Gasteiger partial charge on any atom is -0.258 e. The van der Waals surface area contributed by atoms with Crippen LogP contribution in [0.25, 0.3) is 0 Å². The first-order valence-electron chi connectivity index (χ1n) is 15.0. The van der Waals surface area contributed by atoms with Gasteiger partial charge in [0, 0.05) is 12.1 Å². The van der Waals surface area contributed by atoms with E-state index in [-0.39, 0.29) is 0 Å². The highest BCUT2D eigenvalue weighted by Gasteiger charge is 2.41. The summed E-state index contributed by atoms with van der Waals surface area (Å²) in [5, 5.41) is 146. The third-order valence-electron chi connectivity index (χ3n) is 7.17. The quantitative estimate of drug-likeness (QED) is 0.0614. The highest BCUT2D eigenvalue weighted by atomic mass is 16.7. The van der Waals surface area contributed by atoms with Crippen LogP contribution in [0.4, 0.5) is 91.0 Å². The maximum Gasteiger partial charge on any atom is 0.424 e. The van der Waals surface area contributed by atoms with Gasteiger partial charge < -0.3 is 0 Å². The normalized spacial score (nSPS) is 10.6. The molecule has 4 aromatic carbocycles. The lowest BCUT2D eigenvalue weighted by atomic mass is 10.2. The third-order valence-corrected chi connectivity index (χ3v) is 7.17. The molecule has 0 spiro atoms. The van der Waals surface area contributed by atoms with Crippen molar-refractivity contribution in [1.82, 2.24) is 0 Å². The van der Waals surface area contributed by atoms with Crippen LogP contribution in [0, 0.1) is 121 Å². The predicted molar refractivity (Wildman–Crippen MR) is 194 cm³/mol. The Morgan fingerprint density at radius 1 is 0.266 bits per heavy atom. The van der Waals surface area contributed by atoms with Gasteiger partial charge in [-0.1, -0.05) is 0 Å². The monoisotopic (exact) mass is 904 g/mol. The number of rotatable bonds is 16. The van der Waals surface area contributed by atoms with Crippen molar-refractivity contribution in [3.63, 3.8) is 0 Å². The van der Waals surface area contributed by atoms with Gasteiger partial charge in [0.15, 0.2) is 11.4 Å². The summed E-state index contributed by atoms with van der Waals surface area (Å²) < 4.78 is 0. The highest BCUT2D eigenvalue weighted by molar-refractivity contribution is 5.79. The van der Waals surface area contributed by atoms with E-state index in [0.717, 1.165) is 0 Å². The molecule has 0 radical (unpaired) electrons. The summed E-state index contributed by atoms with van der Waals surface area (Å²) in [4.78, 5) is 118. The van der Waals surface area contributed by atoms with E-state index in [4.69, 9.17) is 0 Å². The highest BCUT2D eigenvalue weighted by Crippen LogP contribution is 2.47. The summed E-state index contributed by atoms with van der Waals surface area (Å²) in [5.41, 5.74) is -20.3. The fraction of sp³-hybridized carbons (Fsp3) is 0. The number of hydrogen-bond acceptors (Lipinski definition) is 28. The molecule has 4 rings (SSSR count). The lowest BCUT2D eigenvalue weighted by molar-refractivity contribution is -0.440.